The van der Waals surface area contributed by atoms with E-state index in [9.17, 15) is 4.79 Å². The summed E-state index contributed by atoms with van der Waals surface area (Å²) in [6, 6.07) is 0. The number of aromatic amines is 1. The molecule has 0 aromatic carbocycles. The smallest absolute Gasteiger partial charge is 0.256 e. The lowest BCUT2D eigenvalue weighted by molar-refractivity contribution is 0.778. The molecule has 0 radical (unpaired) electrons. The molecule has 1 saturated carbocycles. The highest BCUT2D eigenvalue weighted by Gasteiger charge is 2.27. The maximum absolute atomic E-state index is 11.7. The third kappa shape index (κ3) is 1.22. The minimum absolute atomic E-state index is 0.0594. The minimum atomic E-state index is 0.0594. The van der Waals surface area contributed by atoms with Crippen molar-refractivity contribution in [3.8, 4) is 0 Å². The summed E-state index contributed by atoms with van der Waals surface area (Å²) < 4.78 is 0. The molecule has 1 fully saturated rings. The zero-order valence-corrected chi connectivity index (χ0v) is 7.97. The highest BCUT2D eigenvalue weighted by molar-refractivity contribution is 5.45. The van der Waals surface area contributed by atoms with Crippen LogP contribution >= 0.6 is 0 Å². The third-order valence-corrected chi connectivity index (χ3v) is 2.89. The first kappa shape index (κ1) is 8.03. The van der Waals surface area contributed by atoms with Crippen LogP contribution in [-0.4, -0.2) is 16.5 Å². The molecule has 2 heterocycles. The predicted molar refractivity (Wildman–Crippen MR) is 53.6 cm³/mol. The van der Waals surface area contributed by atoms with Gasteiger partial charge in [0.05, 0.1) is 5.56 Å². The molecular weight excluding hydrogens is 178 g/mol. The molecule has 74 valence electrons. The van der Waals surface area contributed by atoms with Gasteiger partial charge in [0.1, 0.15) is 11.6 Å². The summed E-state index contributed by atoms with van der Waals surface area (Å²) in [6.07, 6.45) is 4.22. The fourth-order valence-electron chi connectivity index (χ4n) is 1.92. The molecule has 0 atom stereocenters. The van der Waals surface area contributed by atoms with Crippen LogP contribution in [0.4, 0.5) is 5.82 Å². The highest BCUT2D eigenvalue weighted by Crippen LogP contribution is 2.38. The quantitative estimate of drug-likeness (QED) is 0.696. The van der Waals surface area contributed by atoms with Gasteiger partial charge in [0, 0.05) is 12.5 Å². The van der Waals surface area contributed by atoms with E-state index in [1.54, 1.807) is 0 Å². The minimum Gasteiger partial charge on any atom is -0.370 e. The van der Waals surface area contributed by atoms with Gasteiger partial charge < -0.3 is 10.3 Å². The molecule has 2 aliphatic rings. The van der Waals surface area contributed by atoms with Gasteiger partial charge in [-0.25, -0.2) is 4.98 Å². The van der Waals surface area contributed by atoms with Gasteiger partial charge in [0.25, 0.3) is 5.56 Å². The van der Waals surface area contributed by atoms with Gasteiger partial charge in [-0.3, -0.25) is 4.79 Å². The standard InChI is InChI=1S/C10H13N3O/c14-10-7-2-1-5-11-9(7)12-8(13-10)6-3-4-6/h6H,1-5H2,(H2,11,12,13,14). The van der Waals surface area contributed by atoms with E-state index in [0.29, 0.717) is 5.92 Å². The van der Waals surface area contributed by atoms with Gasteiger partial charge in [0.15, 0.2) is 0 Å². The molecule has 0 unspecified atom stereocenters. The molecule has 4 heteroatoms. The van der Waals surface area contributed by atoms with Crippen LogP contribution in [0.15, 0.2) is 4.79 Å². The van der Waals surface area contributed by atoms with E-state index in [1.165, 1.54) is 12.8 Å². The van der Waals surface area contributed by atoms with Gasteiger partial charge >= 0.3 is 0 Å². The molecule has 0 saturated heterocycles. The summed E-state index contributed by atoms with van der Waals surface area (Å²) in [4.78, 5) is 19.0. The van der Waals surface area contributed by atoms with Crippen LogP contribution in [0.2, 0.25) is 0 Å². The molecule has 14 heavy (non-hydrogen) atoms. The number of H-pyrrole nitrogens is 1. The average molecular weight is 191 g/mol. The predicted octanol–water partition coefficient (Wildman–Crippen LogP) is 1.01. The summed E-state index contributed by atoms with van der Waals surface area (Å²) in [7, 11) is 0. The van der Waals surface area contributed by atoms with Gasteiger partial charge in [-0.05, 0) is 25.7 Å². The maximum Gasteiger partial charge on any atom is 0.256 e. The number of rotatable bonds is 1. The molecule has 4 nitrogen and oxygen atoms in total. The molecule has 0 spiro atoms. The largest absolute Gasteiger partial charge is 0.370 e. The second-order valence-electron chi connectivity index (χ2n) is 4.08. The lowest BCUT2D eigenvalue weighted by Crippen LogP contribution is -2.24. The number of nitrogens with one attached hydrogen (secondary N) is 2. The Morgan fingerprint density at radius 2 is 2.21 bits per heavy atom. The van der Waals surface area contributed by atoms with E-state index in [-0.39, 0.29) is 5.56 Å². The number of hydrogen-bond donors (Lipinski definition) is 2. The van der Waals surface area contributed by atoms with Crippen molar-refractivity contribution >= 4 is 5.82 Å². The Bertz CT molecular complexity index is 420. The van der Waals surface area contributed by atoms with Crippen LogP contribution in [-0.2, 0) is 6.42 Å². The normalized spacial score (nSPS) is 20.0. The maximum atomic E-state index is 11.7. The molecule has 1 aromatic rings. The molecule has 1 aromatic heterocycles. The van der Waals surface area contributed by atoms with Crippen LogP contribution in [0.5, 0.6) is 0 Å². The van der Waals surface area contributed by atoms with E-state index >= 15 is 0 Å². The van der Waals surface area contributed by atoms with Crippen molar-refractivity contribution in [2.24, 2.45) is 0 Å². The lowest BCUT2D eigenvalue weighted by Gasteiger charge is -2.16. The zero-order valence-electron chi connectivity index (χ0n) is 7.97. The van der Waals surface area contributed by atoms with Crippen molar-refractivity contribution < 1.29 is 0 Å². The van der Waals surface area contributed by atoms with E-state index in [4.69, 9.17) is 0 Å². The van der Waals surface area contributed by atoms with Crippen LogP contribution in [0.1, 0.15) is 36.6 Å². The molecule has 1 aliphatic heterocycles. The van der Waals surface area contributed by atoms with Crippen molar-refractivity contribution in [3.63, 3.8) is 0 Å². The summed E-state index contributed by atoms with van der Waals surface area (Å²) in [5.74, 6) is 2.21. The SMILES string of the molecule is O=c1[nH]c(C2CC2)nc2c1CCCN2. The fraction of sp³-hybridized carbons (Fsp3) is 0.600. The van der Waals surface area contributed by atoms with Crippen LogP contribution in [0, 0.1) is 0 Å². The molecule has 0 amide bonds. The Morgan fingerprint density at radius 1 is 1.36 bits per heavy atom. The summed E-state index contributed by atoms with van der Waals surface area (Å²) in [5.41, 5.74) is 0.893. The van der Waals surface area contributed by atoms with Gasteiger partial charge in [0.2, 0.25) is 0 Å². The van der Waals surface area contributed by atoms with Crippen LogP contribution in [0.3, 0.4) is 0 Å². The van der Waals surface area contributed by atoms with Crippen molar-refractivity contribution in [1.82, 2.24) is 9.97 Å². The molecule has 3 rings (SSSR count). The third-order valence-electron chi connectivity index (χ3n) is 2.89. The lowest BCUT2D eigenvalue weighted by atomic mass is 10.1. The van der Waals surface area contributed by atoms with E-state index in [2.05, 4.69) is 15.3 Å². The van der Waals surface area contributed by atoms with E-state index < -0.39 is 0 Å². The van der Waals surface area contributed by atoms with E-state index in [0.717, 1.165) is 36.6 Å². The number of nitrogens with zero attached hydrogens (tertiary/aromatic N) is 1. The van der Waals surface area contributed by atoms with Gasteiger partial charge in [-0.15, -0.1) is 0 Å². The topological polar surface area (TPSA) is 57.8 Å². The highest BCUT2D eigenvalue weighted by atomic mass is 16.1. The first-order valence-corrected chi connectivity index (χ1v) is 5.21. The van der Waals surface area contributed by atoms with E-state index in [1.807, 2.05) is 0 Å². The fourth-order valence-corrected chi connectivity index (χ4v) is 1.92. The number of fused-ring (bicyclic) bond motifs is 1. The summed E-state index contributed by atoms with van der Waals surface area (Å²) in [5, 5.41) is 3.20. The molecular formula is C10H13N3O. The van der Waals surface area contributed by atoms with Crippen molar-refractivity contribution in [1.29, 1.82) is 0 Å². The van der Waals surface area contributed by atoms with Crippen molar-refractivity contribution in [2.45, 2.75) is 31.6 Å². The summed E-state index contributed by atoms with van der Waals surface area (Å²) >= 11 is 0. The van der Waals surface area contributed by atoms with Gasteiger partial charge in [-0.2, -0.15) is 0 Å². The first-order chi connectivity index (χ1) is 6.84. The number of aromatic nitrogens is 2. The number of hydrogen-bond acceptors (Lipinski definition) is 3. The number of anilines is 1. The Balaban J connectivity index is 2.11. The Morgan fingerprint density at radius 3 is 3.00 bits per heavy atom. The van der Waals surface area contributed by atoms with Crippen molar-refractivity contribution in [2.75, 3.05) is 11.9 Å². The van der Waals surface area contributed by atoms with Crippen LogP contribution < -0.4 is 10.9 Å². The monoisotopic (exact) mass is 191 g/mol. The Labute approximate surface area is 81.8 Å². The molecule has 1 aliphatic carbocycles. The van der Waals surface area contributed by atoms with Gasteiger partial charge in [-0.1, -0.05) is 0 Å². The average Bonchev–Trinajstić information content (AvgIpc) is 3.01. The second-order valence-corrected chi connectivity index (χ2v) is 4.08. The zero-order chi connectivity index (χ0) is 9.54. The molecule has 2 N–H and O–H groups in total. The first-order valence-electron chi connectivity index (χ1n) is 5.21. The molecule has 0 bridgehead atoms. The summed E-state index contributed by atoms with van der Waals surface area (Å²) in [6.45, 7) is 0.938. The van der Waals surface area contributed by atoms with Crippen LogP contribution in [0.25, 0.3) is 0 Å². The Kier molecular flexibility index (Phi) is 1.63. The Hall–Kier alpha value is -1.32. The second kappa shape index (κ2) is 2.83. The van der Waals surface area contributed by atoms with Crippen molar-refractivity contribution in [3.05, 3.63) is 21.7 Å².